The number of esters is 1. The van der Waals surface area contributed by atoms with Crippen molar-refractivity contribution in [3.63, 3.8) is 0 Å². The number of hydrogen-bond donors (Lipinski definition) is 2. The highest BCUT2D eigenvalue weighted by Crippen LogP contribution is 2.25. The Morgan fingerprint density at radius 1 is 1.50 bits per heavy atom. The molecule has 1 aliphatic carbocycles. The van der Waals surface area contributed by atoms with Crippen molar-refractivity contribution in [1.82, 2.24) is 15.3 Å². The van der Waals surface area contributed by atoms with E-state index in [9.17, 15) is 9.59 Å². The summed E-state index contributed by atoms with van der Waals surface area (Å²) in [6.45, 7) is 4.53. The number of fused-ring (bicyclic) bond motifs is 1. The van der Waals surface area contributed by atoms with Gasteiger partial charge in [-0.05, 0) is 12.8 Å². The van der Waals surface area contributed by atoms with E-state index in [4.69, 9.17) is 0 Å². The van der Waals surface area contributed by atoms with Crippen LogP contribution in [0.15, 0.2) is 12.2 Å². The van der Waals surface area contributed by atoms with Crippen molar-refractivity contribution in [1.29, 1.82) is 0 Å². The van der Waals surface area contributed by atoms with Crippen LogP contribution in [-0.2, 0) is 27.2 Å². The lowest BCUT2D eigenvalue weighted by Crippen LogP contribution is -2.34. The molecule has 0 saturated heterocycles. The number of nitrogens with zero attached hydrogens (tertiary/aromatic N) is 1. The van der Waals surface area contributed by atoms with Gasteiger partial charge in [-0.25, -0.2) is 9.78 Å². The summed E-state index contributed by atoms with van der Waals surface area (Å²) in [7, 11) is 1.32. The topological polar surface area (TPSA) is 84.1 Å². The van der Waals surface area contributed by atoms with E-state index in [0.29, 0.717) is 18.9 Å². The lowest BCUT2D eigenvalue weighted by atomic mass is 9.89. The molecular weight excluding hydrogens is 282 g/mol. The van der Waals surface area contributed by atoms with E-state index in [2.05, 4.69) is 33.9 Å². The van der Waals surface area contributed by atoms with Crippen molar-refractivity contribution in [3.8, 4) is 0 Å². The minimum absolute atomic E-state index is 0.0147. The highest BCUT2D eigenvalue weighted by Gasteiger charge is 2.27. The molecule has 0 fully saturated rings. The van der Waals surface area contributed by atoms with Crippen molar-refractivity contribution in [3.05, 3.63) is 29.4 Å². The maximum Gasteiger partial charge on any atom is 0.330 e. The number of aromatic nitrogens is 2. The summed E-state index contributed by atoms with van der Waals surface area (Å²) in [5, 5.41) is 2.82. The molecule has 0 saturated carbocycles. The summed E-state index contributed by atoms with van der Waals surface area (Å²) in [4.78, 5) is 31.0. The first-order chi connectivity index (χ1) is 10.5. The van der Waals surface area contributed by atoms with Gasteiger partial charge in [0.05, 0.1) is 12.8 Å². The largest absolute Gasteiger partial charge is 0.466 e. The number of rotatable bonds is 5. The van der Waals surface area contributed by atoms with Gasteiger partial charge in [0, 0.05) is 36.6 Å². The first kappa shape index (κ1) is 16.3. The SMILES string of the molecule is COC(=O)/C=C/CNC(=O)C1CCc2nc(C(C)C)[nH]c2C1. The molecule has 1 atom stereocenters. The second-order valence-corrected chi connectivity index (χ2v) is 5.81. The Morgan fingerprint density at radius 2 is 2.27 bits per heavy atom. The first-order valence-corrected chi connectivity index (χ1v) is 7.61. The number of imidazole rings is 1. The third-order valence-corrected chi connectivity index (χ3v) is 3.83. The maximum atomic E-state index is 12.2. The second-order valence-electron chi connectivity index (χ2n) is 5.81. The molecule has 2 rings (SSSR count). The summed E-state index contributed by atoms with van der Waals surface area (Å²) >= 11 is 0. The van der Waals surface area contributed by atoms with Crippen LogP contribution >= 0.6 is 0 Å². The molecule has 2 N–H and O–H groups in total. The smallest absolute Gasteiger partial charge is 0.330 e. The van der Waals surface area contributed by atoms with Crippen LogP contribution in [0.3, 0.4) is 0 Å². The zero-order chi connectivity index (χ0) is 16.1. The van der Waals surface area contributed by atoms with Crippen LogP contribution in [0, 0.1) is 5.92 Å². The lowest BCUT2D eigenvalue weighted by molar-refractivity contribution is -0.135. The zero-order valence-corrected chi connectivity index (χ0v) is 13.3. The standard InChI is InChI=1S/C16H23N3O3/c1-10(2)15-18-12-7-6-11(9-13(12)19-15)16(21)17-8-4-5-14(20)22-3/h4-5,10-11H,6-9H2,1-3H3,(H,17,21)(H,18,19)/b5-4+. The minimum atomic E-state index is -0.421. The molecule has 1 heterocycles. The number of methoxy groups -OCH3 is 1. The van der Waals surface area contributed by atoms with E-state index in [1.807, 2.05) is 0 Å². The Kier molecular flexibility index (Phi) is 5.35. The van der Waals surface area contributed by atoms with Crippen LogP contribution in [0.25, 0.3) is 0 Å². The number of aryl methyl sites for hydroxylation is 1. The Bertz CT molecular complexity index is 575. The molecule has 0 bridgehead atoms. The molecule has 1 aliphatic rings. The number of amides is 1. The number of H-pyrrole nitrogens is 1. The molecule has 6 nitrogen and oxygen atoms in total. The van der Waals surface area contributed by atoms with Crippen molar-refractivity contribution in [2.24, 2.45) is 5.92 Å². The van der Waals surface area contributed by atoms with Gasteiger partial charge in [-0.2, -0.15) is 0 Å². The Labute approximate surface area is 130 Å². The first-order valence-electron chi connectivity index (χ1n) is 7.61. The fourth-order valence-electron chi connectivity index (χ4n) is 2.53. The van der Waals surface area contributed by atoms with Gasteiger partial charge in [0.25, 0.3) is 0 Å². The zero-order valence-electron chi connectivity index (χ0n) is 13.3. The van der Waals surface area contributed by atoms with Gasteiger partial charge in [0.1, 0.15) is 5.82 Å². The Balaban J connectivity index is 1.87. The van der Waals surface area contributed by atoms with Crippen LogP contribution < -0.4 is 5.32 Å². The van der Waals surface area contributed by atoms with E-state index < -0.39 is 5.97 Å². The number of hydrogen-bond acceptors (Lipinski definition) is 4. The summed E-state index contributed by atoms with van der Waals surface area (Å²) in [6.07, 6.45) is 5.23. The number of carbonyl (C=O) groups is 2. The maximum absolute atomic E-state index is 12.2. The highest BCUT2D eigenvalue weighted by molar-refractivity contribution is 5.82. The molecule has 0 radical (unpaired) electrons. The summed E-state index contributed by atoms with van der Waals surface area (Å²) < 4.78 is 4.48. The van der Waals surface area contributed by atoms with Gasteiger partial charge in [-0.3, -0.25) is 4.79 Å². The molecule has 6 heteroatoms. The van der Waals surface area contributed by atoms with Crippen LogP contribution in [0.2, 0.25) is 0 Å². The van der Waals surface area contributed by atoms with Crippen molar-refractivity contribution < 1.29 is 14.3 Å². The van der Waals surface area contributed by atoms with E-state index in [0.717, 1.165) is 30.1 Å². The summed E-state index contributed by atoms with van der Waals surface area (Å²) in [5.74, 6) is 0.906. The number of ether oxygens (including phenoxy) is 1. The fraction of sp³-hybridized carbons (Fsp3) is 0.562. The van der Waals surface area contributed by atoms with Gasteiger partial charge in [-0.1, -0.05) is 19.9 Å². The number of carbonyl (C=O) groups excluding carboxylic acids is 2. The third-order valence-electron chi connectivity index (χ3n) is 3.83. The van der Waals surface area contributed by atoms with Crippen LogP contribution in [0.4, 0.5) is 0 Å². The van der Waals surface area contributed by atoms with E-state index in [1.165, 1.54) is 13.2 Å². The Morgan fingerprint density at radius 3 is 2.95 bits per heavy atom. The summed E-state index contributed by atoms with van der Waals surface area (Å²) in [6, 6.07) is 0. The lowest BCUT2D eigenvalue weighted by Gasteiger charge is -2.20. The number of nitrogens with one attached hydrogen (secondary N) is 2. The van der Waals surface area contributed by atoms with Gasteiger partial charge in [0.2, 0.25) is 5.91 Å². The molecule has 120 valence electrons. The predicted octanol–water partition coefficient (Wildman–Crippen LogP) is 1.48. The molecule has 0 aromatic carbocycles. The highest BCUT2D eigenvalue weighted by atomic mass is 16.5. The minimum Gasteiger partial charge on any atom is -0.466 e. The average molecular weight is 305 g/mol. The molecule has 0 spiro atoms. The van der Waals surface area contributed by atoms with Gasteiger partial charge in [0.15, 0.2) is 0 Å². The monoisotopic (exact) mass is 305 g/mol. The quantitative estimate of drug-likeness (QED) is 0.637. The molecule has 1 aromatic rings. The Hall–Kier alpha value is -2.11. The van der Waals surface area contributed by atoms with Crippen molar-refractivity contribution in [2.45, 2.75) is 39.0 Å². The van der Waals surface area contributed by atoms with Crippen LogP contribution in [0.5, 0.6) is 0 Å². The van der Waals surface area contributed by atoms with Crippen molar-refractivity contribution >= 4 is 11.9 Å². The van der Waals surface area contributed by atoms with Crippen molar-refractivity contribution in [2.75, 3.05) is 13.7 Å². The van der Waals surface area contributed by atoms with Crippen LogP contribution in [0.1, 0.15) is 43.4 Å². The molecule has 1 unspecified atom stereocenters. The van der Waals surface area contributed by atoms with E-state index >= 15 is 0 Å². The van der Waals surface area contributed by atoms with E-state index in [1.54, 1.807) is 6.08 Å². The number of aromatic amines is 1. The molecule has 1 amide bonds. The predicted molar refractivity (Wildman–Crippen MR) is 82.4 cm³/mol. The normalized spacial score (nSPS) is 17.5. The second kappa shape index (κ2) is 7.24. The summed E-state index contributed by atoms with van der Waals surface area (Å²) in [5.41, 5.74) is 2.18. The molecular formula is C16H23N3O3. The molecule has 0 aliphatic heterocycles. The average Bonchev–Trinajstić information content (AvgIpc) is 2.94. The van der Waals surface area contributed by atoms with Gasteiger partial charge >= 0.3 is 5.97 Å². The third kappa shape index (κ3) is 3.96. The molecule has 22 heavy (non-hydrogen) atoms. The van der Waals surface area contributed by atoms with E-state index in [-0.39, 0.29) is 11.8 Å². The fourth-order valence-corrected chi connectivity index (χ4v) is 2.53. The van der Waals surface area contributed by atoms with Crippen LogP contribution in [-0.4, -0.2) is 35.5 Å². The molecule has 1 aromatic heterocycles. The van der Waals surface area contributed by atoms with Gasteiger partial charge in [-0.15, -0.1) is 0 Å². The van der Waals surface area contributed by atoms with Gasteiger partial charge < -0.3 is 15.0 Å².